The second-order valence-corrected chi connectivity index (χ2v) is 7.80. The quantitative estimate of drug-likeness (QED) is 0.641. The van der Waals surface area contributed by atoms with Crippen molar-refractivity contribution in [3.63, 3.8) is 0 Å². The molecule has 0 amide bonds. The summed E-state index contributed by atoms with van der Waals surface area (Å²) in [5.74, 6) is 0.991. The lowest BCUT2D eigenvalue weighted by atomic mass is 10.2. The zero-order valence-electron chi connectivity index (χ0n) is 14.3. The van der Waals surface area contributed by atoms with Crippen LogP contribution >= 0.6 is 22.9 Å². The van der Waals surface area contributed by atoms with Crippen molar-refractivity contribution in [3.8, 4) is 0 Å². The van der Waals surface area contributed by atoms with E-state index in [1.54, 1.807) is 11.3 Å². The molecule has 4 rings (SSSR count). The van der Waals surface area contributed by atoms with Gasteiger partial charge in [-0.3, -0.25) is 4.90 Å². The SMILES string of the molecule is CCc1cc2c(N3CCN(Cc4ccccc4)CC3)nc(Cl)nc2s1. The summed E-state index contributed by atoms with van der Waals surface area (Å²) in [6.45, 7) is 7.17. The molecule has 0 radical (unpaired) electrons. The third-order valence-corrected chi connectivity index (χ3v) is 6.01. The Morgan fingerprint density at radius 1 is 1.08 bits per heavy atom. The molecule has 0 spiro atoms. The molecule has 1 aliphatic rings. The van der Waals surface area contributed by atoms with Crippen LogP contribution in [0, 0.1) is 0 Å². The first kappa shape index (κ1) is 16.8. The Balaban J connectivity index is 1.50. The Kier molecular flexibility index (Phi) is 4.88. The van der Waals surface area contributed by atoms with Crippen LogP contribution in [0.25, 0.3) is 10.2 Å². The highest BCUT2D eigenvalue weighted by molar-refractivity contribution is 7.18. The second-order valence-electron chi connectivity index (χ2n) is 6.35. The van der Waals surface area contributed by atoms with E-state index < -0.39 is 0 Å². The van der Waals surface area contributed by atoms with Crippen molar-refractivity contribution in [2.24, 2.45) is 0 Å². The summed E-state index contributed by atoms with van der Waals surface area (Å²) in [7, 11) is 0. The minimum atomic E-state index is 0.346. The van der Waals surface area contributed by atoms with Crippen molar-refractivity contribution in [3.05, 3.63) is 52.1 Å². The van der Waals surface area contributed by atoms with Crippen LogP contribution in [0.3, 0.4) is 0 Å². The normalized spacial score (nSPS) is 15.8. The fourth-order valence-electron chi connectivity index (χ4n) is 3.31. The molecule has 0 unspecified atom stereocenters. The standard InChI is InChI=1S/C19H21ClN4S/c1-2-15-12-16-17(21-19(20)22-18(16)25-15)24-10-8-23(9-11-24)13-14-6-4-3-5-7-14/h3-7,12H,2,8-11,13H2,1H3. The lowest BCUT2D eigenvalue weighted by Gasteiger charge is -2.35. The molecule has 4 nitrogen and oxygen atoms in total. The van der Waals surface area contributed by atoms with Crippen molar-refractivity contribution in [1.82, 2.24) is 14.9 Å². The summed E-state index contributed by atoms with van der Waals surface area (Å²) < 4.78 is 0. The highest BCUT2D eigenvalue weighted by Gasteiger charge is 2.21. The van der Waals surface area contributed by atoms with Crippen LogP contribution in [0.15, 0.2) is 36.4 Å². The van der Waals surface area contributed by atoms with Crippen molar-refractivity contribution in [2.75, 3.05) is 31.1 Å². The molecule has 1 fully saturated rings. The number of thiophene rings is 1. The lowest BCUT2D eigenvalue weighted by Crippen LogP contribution is -2.46. The highest BCUT2D eigenvalue weighted by Crippen LogP contribution is 2.32. The fraction of sp³-hybridized carbons (Fsp3) is 0.368. The number of aryl methyl sites for hydroxylation is 1. The van der Waals surface area contributed by atoms with Gasteiger partial charge >= 0.3 is 0 Å². The van der Waals surface area contributed by atoms with E-state index in [1.807, 2.05) is 0 Å². The molecule has 2 aromatic heterocycles. The average Bonchev–Trinajstić information content (AvgIpc) is 3.05. The maximum Gasteiger partial charge on any atom is 0.225 e. The van der Waals surface area contributed by atoms with E-state index in [0.29, 0.717) is 5.28 Å². The Morgan fingerprint density at radius 2 is 1.84 bits per heavy atom. The van der Waals surface area contributed by atoms with Gasteiger partial charge in [-0.25, -0.2) is 4.98 Å². The van der Waals surface area contributed by atoms with E-state index in [2.05, 4.69) is 63.1 Å². The van der Waals surface area contributed by atoms with Gasteiger partial charge in [0.05, 0.1) is 5.39 Å². The third kappa shape index (κ3) is 3.64. The lowest BCUT2D eigenvalue weighted by molar-refractivity contribution is 0.249. The summed E-state index contributed by atoms with van der Waals surface area (Å²) in [4.78, 5) is 16.1. The molecule has 1 aromatic carbocycles. The number of anilines is 1. The van der Waals surface area contributed by atoms with Crippen LogP contribution in [0.5, 0.6) is 0 Å². The number of benzene rings is 1. The third-order valence-electron chi connectivity index (χ3n) is 4.67. The van der Waals surface area contributed by atoms with Crippen LogP contribution in [-0.4, -0.2) is 41.0 Å². The average molecular weight is 373 g/mol. The van der Waals surface area contributed by atoms with Crippen LogP contribution in [0.2, 0.25) is 5.28 Å². The first-order valence-corrected chi connectivity index (χ1v) is 9.89. The number of halogens is 1. The van der Waals surface area contributed by atoms with Gasteiger partial charge in [0.1, 0.15) is 10.6 Å². The maximum atomic E-state index is 6.18. The Labute approximate surface area is 157 Å². The maximum absolute atomic E-state index is 6.18. The Hall–Kier alpha value is -1.69. The topological polar surface area (TPSA) is 32.3 Å². The fourth-order valence-corrected chi connectivity index (χ4v) is 4.48. The molecule has 25 heavy (non-hydrogen) atoms. The van der Waals surface area contributed by atoms with Crippen molar-refractivity contribution in [2.45, 2.75) is 19.9 Å². The van der Waals surface area contributed by atoms with Gasteiger partial charge in [0, 0.05) is 37.6 Å². The number of rotatable bonds is 4. The van der Waals surface area contributed by atoms with E-state index in [4.69, 9.17) is 11.6 Å². The summed E-state index contributed by atoms with van der Waals surface area (Å²) >= 11 is 7.90. The number of hydrogen-bond donors (Lipinski definition) is 0. The van der Waals surface area contributed by atoms with Gasteiger partial charge in [0.15, 0.2) is 0 Å². The number of hydrogen-bond acceptors (Lipinski definition) is 5. The zero-order chi connectivity index (χ0) is 17.2. The summed E-state index contributed by atoms with van der Waals surface area (Å²) in [5, 5.41) is 1.49. The summed E-state index contributed by atoms with van der Waals surface area (Å²) in [5.41, 5.74) is 1.37. The molecule has 3 aromatic rings. The molecular formula is C19H21ClN4S. The van der Waals surface area contributed by atoms with Crippen molar-refractivity contribution < 1.29 is 0 Å². The van der Waals surface area contributed by atoms with Crippen molar-refractivity contribution in [1.29, 1.82) is 0 Å². The minimum Gasteiger partial charge on any atom is -0.353 e. The monoisotopic (exact) mass is 372 g/mol. The van der Waals surface area contributed by atoms with Gasteiger partial charge in [-0.15, -0.1) is 11.3 Å². The summed E-state index contributed by atoms with van der Waals surface area (Å²) in [6.07, 6.45) is 1.02. The molecule has 1 saturated heterocycles. The van der Waals surface area contributed by atoms with Crippen LogP contribution < -0.4 is 4.90 Å². The second kappa shape index (κ2) is 7.28. The number of aromatic nitrogens is 2. The number of nitrogens with zero attached hydrogens (tertiary/aromatic N) is 4. The van der Waals surface area contributed by atoms with E-state index in [-0.39, 0.29) is 0 Å². The molecule has 0 N–H and O–H groups in total. The molecule has 0 bridgehead atoms. The first-order chi connectivity index (χ1) is 12.2. The van der Waals surface area contributed by atoms with Gasteiger partial charge in [-0.05, 0) is 29.7 Å². The van der Waals surface area contributed by atoms with Gasteiger partial charge in [0.2, 0.25) is 5.28 Å². The van der Waals surface area contributed by atoms with Crippen LogP contribution in [0.1, 0.15) is 17.4 Å². The van der Waals surface area contributed by atoms with Crippen LogP contribution in [-0.2, 0) is 13.0 Å². The van der Waals surface area contributed by atoms with Gasteiger partial charge in [-0.2, -0.15) is 4.98 Å². The number of piperazine rings is 1. The molecular weight excluding hydrogens is 352 g/mol. The van der Waals surface area contributed by atoms with E-state index in [9.17, 15) is 0 Å². The largest absolute Gasteiger partial charge is 0.353 e. The van der Waals surface area contributed by atoms with E-state index >= 15 is 0 Å². The van der Waals surface area contributed by atoms with Gasteiger partial charge in [-0.1, -0.05) is 37.3 Å². The van der Waals surface area contributed by atoms with E-state index in [0.717, 1.165) is 55.2 Å². The predicted molar refractivity (Wildman–Crippen MR) is 106 cm³/mol. The van der Waals surface area contributed by atoms with Gasteiger partial charge < -0.3 is 4.90 Å². The number of fused-ring (bicyclic) bond motifs is 1. The molecule has 0 aliphatic carbocycles. The Bertz CT molecular complexity index is 856. The van der Waals surface area contributed by atoms with Crippen LogP contribution in [0.4, 0.5) is 5.82 Å². The summed E-state index contributed by atoms with van der Waals surface area (Å²) in [6, 6.07) is 12.9. The highest BCUT2D eigenvalue weighted by atomic mass is 35.5. The molecule has 0 saturated carbocycles. The van der Waals surface area contributed by atoms with Gasteiger partial charge in [0.25, 0.3) is 0 Å². The molecule has 0 atom stereocenters. The molecule has 130 valence electrons. The molecule has 3 heterocycles. The molecule has 1 aliphatic heterocycles. The van der Waals surface area contributed by atoms with E-state index in [1.165, 1.54) is 10.4 Å². The zero-order valence-corrected chi connectivity index (χ0v) is 15.9. The van der Waals surface area contributed by atoms with Crippen molar-refractivity contribution >= 4 is 39.0 Å². The first-order valence-electron chi connectivity index (χ1n) is 8.70. The Morgan fingerprint density at radius 3 is 2.56 bits per heavy atom. The predicted octanol–water partition coefficient (Wildman–Crippen LogP) is 4.23. The smallest absolute Gasteiger partial charge is 0.225 e. The molecule has 6 heteroatoms. The minimum absolute atomic E-state index is 0.346.